The third-order valence-electron chi connectivity index (χ3n) is 2.04. The number of hydrogen-bond acceptors (Lipinski definition) is 2. The Hall–Kier alpha value is 0.01000. The van der Waals surface area contributed by atoms with E-state index in [0.29, 0.717) is 0 Å². The Kier molecular flexibility index (Phi) is 2.67. The molecule has 68 valence electrons. The van der Waals surface area contributed by atoms with Crippen molar-refractivity contribution in [3.63, 3.8) is 0 Å². The Balaban J connectivity index is 2.77. The highest BCUT2D eigenvalue weighted by Crippen LogP contribution is 2.35. The molecular formula is C10H9BrS2. The SMILES string of the molecule is CSc1csc2cc(Br)c(C)cc12. The Morgan fingerprint density at radius 1 is 1.38 bits per heavy atom. The summed E-state index contributed by atoms with van der Waals surface area (Å²) in [5, 5.41) is 3.61. The first-order valence-electron chi connectivity index (χ1n) is 3.93. The second-order valence-electron chi connectivity index (χ2n) is 2.90. The highest BCUT2D eigenvalue weighted by atomic mass is 79.9. The topological polar surface area (TPSA) is 0 Å². The number of thiophene rings is 1. The molecule has 0 amide bonds. The minimum absolute atomic E-state index is 1.20. The second-order valence-corrected chi connectivity index (χ2v) is 5.52. The lowest BCUT2D eigenvalue weighted by Gasteiger charge is -1.99. The molecule has 1 aromatic heterocycles. The Bertz CT molecular complexity index is 445. The molecule has 0 radical (unpaired) electrons. The molecule has 3 heteroatoms. The van der Waals surface area contributed by atoms with Gasteiger partial charge in [-0.1, -0.05) is 15.9 Å². The highest BCUT2D eigenvalue weighted by molar-refractivity contribution is 9.10. The number of benzene rings is 1. The monoisotopic (exact) mass is 272 g/mol. The minimum atomic E-state index is 1.20. The Morgan fingerprint density at radius 2 is 2.15 bits per heavy atom. The Morgan fingerprint density at radius 3 is 2.85 bits per heavy atom. The van der Waals surface area contributed by atoms with E-state index in [1.54, 1.807) is 0 Å². The summed E-state index contributed by atoms with van der Waals surface area (Å²) in [6.07, 6.45) is 2.12. The zero-order valence-electron chi connectivity index (χ0n) is 7.43. The standard InChI is InChI=1S/C10H9BrS2/c1-6-3-7-9(4-8(6)11)13-5-10(7)12-2/h3-5H,1-2H3. The molecule has 0 saturated carbocycles. The van der Waals surface area contributed by atoms with Crippen molar-refractivity contribution in [2.24, 2.45) is 0 Å². The van der Waals surface area contributed by atoms with E-state index in [2.05, 4.69) is 46.6 Å². The van der Waals surface area contributed by atoms with Crippen molar-refractivity contribution in [3.8, 4) is 0 Å². The number of halogens is 1. The molecule has 0 atom stereocenters. The summed E-state index contributed by atoms with van der Waals surface area (Å²) in [6.45, 7) is 2.13. The van der Waals surface area contributed by atoms with Crippen molar-refractivity contribution in [2.45, 2.75) is 11.8 Å². The lowest BCUT2D eigenvalue weighted by atomic mass is 10.2. The largest absolute Gasteiger partial charge is 0.143 e. The van der Waals surface area contributed by atoms with E-state index < -0.39 is 0 Å². The lowest BCUT2D eigenvalue weighted by molar-refractivity contribution is 1.46. The fraction of sp³-hybridized carbons (Fsp3) is 0.200. The van der Waals surface area contributed by atoms with Gasteiger partial charge in [-0.25, -0.2) is 0 Å². The molecule has 0 aliphatic rings. The van der Waals surface area contributed by atoms with Crippen LogP contribution in [0.25, 0.3) is 10.1 Å². The van der Waals surface area contributed by atoms with Crippen LogP contribution in [0.15, 0.2) is 26.9 Å². The third kappa shape index (κ3) is 1.65. The van der Waals surface area contributed by atoms with Crippen LogP contribution in [-0.4, -0.2) is 6.26 Å². The van der Waals surface area contributed by atoms with E-state index in [1.165, 1.54) is 25.0 Å². The van der Waals surface area contributed by atoms with E-state index in [1.807, 2.05) is 23.1 Å². The van der Waals surface area contributed by atoms with Crippen LogP contribution in [0, 0.1) is 6.92 Å². The molecule has 0 N–H and O–H groups in total. The fourth-order valence-corrected chi connectivity index (χ4v) is 3.61. The van der Waals surface area contributed by atoms with E-state index in [4.69, 9.17) is 0 Å². The maximum absolute atomic E-state index is 3.55. The molecule has 2 rings (SSSR count). The van der Waals surface area contributed by atoms with Crippen molar-refractivity contribution in [2.75, 3.05) is 6.26 Å². The highest BCUT2D eigenvalue weighted by Gasteiger charge is 2.05. The number of aryl methyl sites for hydroxylation is 1. The van der Waals surface area contributed by atoms with E-state index >= 15 is 0 Å². The first-order valence-corrected chi connectivity index (χ1v) is 6.83. The average molecular weight is 273 g/mol. The number of fused-ring (bicyclic) bond motifs is 1. The smallest absolute Gasteiger partial charge is 0.0365 e. The predicted octanol–water partition coefficient (Wildman–Crippen LogP) is 4.69. The zero-order valence-corrected chi connectivity index (χ0v) is 10.6. The molecule has 1 heterocycles. The molecule has 1 aromatic carbocycles. The summed E-state index contributed by atoms with van der Waals surface area (Å²) in [7, 11) is 0. The molecule has 0 fully saturated rings. The van der Waals surface area contributed by atoms with Crippen molar-refractivity contribution in [1.82, 2.24) is 0 Å². The molecular weight excluding hydrogens is 264 g/mol. The van der Waals surface area contributed by atoms with E-state index in [-0.39, 0.29) is 0 Å². The van der Waals surface area contributed by atoms with Gasteiger partial charge in [0.1, 0.15) is 0 Å². The second kappa shape index (κ2) is 3.64. The summed E-state index contributed by atoms with van der Waals surface area (Å²) in [4.78, 5) is 1.38. The summed E-state index contributed by atoms with van der Waals surface area (Å²) >= 11 is 7.17. The quantitative estimate of drug-likeness (QED) is 0.679. The molecule has 0 saturated heterocycles. The van der Waals surface area contributed by atoms with Crippen LogP contribution in [0.4, 0.5) is 0 Å². The van der Waals surface area contributed by atoms with Gasteiger partial charge < -0.3 is 0 Å². The molecule has 0 nitrogen and oxygen atoms in total. The number of hydrogen-bond donors (Lipinski definition) is 0. The van der Waals surface area contributed by atoms with Crippen molar-refractivity contribution < 1.29 is 0 Å². The maximum Gasteiger partial charge on any atom is 0.0365 e. The Labute approximate surface area is 94.5 Å². The first kappa shape index (κ1) is 9.56. The van der Waals surface area contributed by atoms with Crippen molar-refractivity contribution in [3.05, 3.63) is 27.5 Å². The van der Waals surface area contributed by atoms with E-state index in [9.17, 15) is 0 Å². The normalized spacial score (nSPS) is 11.0. The van der Waals surface area contributed by atoms with Crippen LogP contribution in [0.3, 0.4) is 0 Å². The molecule has 0 unspecified atom stereocenters. The van der Waals surface area contributed by atoms with Gasteiger partial charge >= 0.3 is 0 Å². The molecule has 2 aromatic rings. The summed E-state index contributed by atoms with van der Waals surface area (Å²) in [5.74, 6) is 0. The number of thioether (sulfide) groups is 1. The fourth-order valence-electron chi connectivity index (χ4n) is 1.29. The summed E-state index contributed by atoms with van der Waals surface area (Å²) in [5.41, 5.74) is 1.31. The molecule has 0 aliphatic heterocycles. The summed E-state index contributed by atoms with van der Waals surface area (Å²) in [6, 6.07) is 4.46. The maximum atomic E-state index is 3.55. The van der Waals surface area contributed by atoms with Gasteiger partial charge in [0.05, 0.1) is 0 Å². The van der Waals surface area contributed by atoms with Gasteiger partial charge in [0.15, 0.2) is 0 Å². The molecule has 0 spiro atoms. The lowest BCUT2D eigenvalue weighted by Crippen LogP contribution is -1.74. The molecule has 0 aliphatic carbocycles. The van der Waals surface area contributed by atoms with Crippen LogP contribution in [-0.2, 0) is 0 Å². The van der Waals surface area contributed by atoms with Gasteiger partial charge in [0, 0.05) is 24.8 Å². The van der Waals surface area contributed by atoms with Crippen LogP contribution >= 0.6 is 39.0 Å². The van der Waals surface area contributed by atoms with Crippen molar-refractivity contribution in [1.29, 1.82) is 0 Å². The third-order valence-corrected chi connectivity index (χ3v) is 4.77. The summed E-state index contributed by atoms with van der Waals surface area (Å²) < 4.78 is 2.57. The van der Waals surface area contributed by atoms with Gasteiger partial charge in [0.2, 0.25) is 0 Å². The number of rotatable bonds is 1. The van der Waals surface area contributed by atoms with Crippen LogP contribution in [0.5, 0.6) is 0 Å². The van der Waals surface area contributed by atoms with Crippen LogP contribution in [0.1, 0.15) is 5.56 Å². The van der Waals surface area contributed by atoms with Crippen molar-refractivity contribution >= 4 is 49.1 Å². The molecule has 13 heavy (non-hydrogen) atoms. The van der Waals surface area contributed by atoms with Gasteiger partial charge in [-0.05, 0) is 30.9 Å². The average Bonchev–Trinajstić information content (AvgIpc) is 2.48. The molecule has 0 bridgehead atoms. The van der Waals surface area contributed by atoms with E-state index in [0.717, 1.165) is 0 Å². The van der Waals surface area contributed by atoms with Gasteiger partial charge in [-0.3, -0.25) is 0 Å². The minimum Gasteiger partial charge on any atom is -0.143 e. The van der Waals surface area contributed by atoms with Gasteiger partial charge in [-0.2, -0.15) is 0 Å². The first-order chi connectivity index (χ1) is 6.22. The predicted molar refractivity (Wildman–Crippen MR) is 66.0 cm³/mol. The zero-order chi connectivity index (χ0) is 9.42. The van der Waals surface area contributed by atoms with Crippen LogP contribution in [0.2, 0.25) is 0 Å². The van der Waals surface area contributed by atoms with Gasteiger partial charge in [0.25, 0.3) is 0 Å². The van der Waals surface area contributed by atoms with Crippen LogP contribution < -0.4 is 0 Å². The van der Waals surface area contributed by atoms with Gasteiger partial charge in [-0.15, -0.1) is 23.1 Å².